The van der Waals surface area contributed by atoms with E-state index in [-0.39, 0.29) is 56.9 Å². The van der Waals surface area contributed by atoms with Crippen LogP contribution in [0.2, 0.25) is 0 Å². The quantitative estimate of drug-likeness (QED) is 0.340. The molecule has 0 radical (unpaired) electrons. The van der Waals surface area contributed by atoms with Crippen LogP contribution in [-0.4, -0.2) is 14.5 Å². The van der Waals surface area contributed by atoms with Crippen molar-refractivity contribution in [3.8, 4) is 5.13 Å². The largest absolute Gasteiger partial charge is 1.00 e. The number of rotatable bonds is 1. The van der Waals surface area contributed by atoms with E-state index in [0.29, 0.717) is 10.3 Å². The second-order valence-electron chi connectivity index (χ2n) is 4.74. The summed E-state index contributed by atoms with van der Waals surface area (Å²) in [5, 5.41) is 3.50. The monoisotopic (exact) mass is 359 g/mol. The predicted molar refractivity (Wildman–Crippen MR) is 83.2 cm³/mol. The third-order valence-electron chi connectivity index (χ3n) is 3.57. The molecule has 8 heteroatoms. The minimum atomic E-state index is -0.0608. The van der Waals surface area contributed by atoms with Gasteiger partial charge >= 0.3 is 51.4 Å². The number of thiophene rings is 1. The van der Waals surface area contributed by atoms with Gasteiger partial charge in [0.1, 0.15) is 4.83 Å². The van der Waals surface area contributed by atoms with Crippen LogP contribution in [0, 0.1) is 0 Å². The molecule has 0 unspecified atom stereocenters. The van der Waals surface area contributed by atoms with Crippen LogP contribution >= 0.6 is 22.7 Å². The molecule has 0 spiro atoms. The number of hydrogen-bond donors (Lipinski definition) is 0. The van der Waals surface area contributed by atoms with Crippen LogP contribution in [0.15, 0.2) is 21.5 Å². The van der Waals surface area contributed by atoms with Crippen LogP contribution in [0.1, 0.15) is 23.3 Å². The van der Waals surface area contributed by atoms with Gasteiger partial charge in [-0.2, -0.15) is 0 Å². The molecule has 0 saturated heterocycles. The zero-order valence-corrected chi connectivity index (χ0v) is 17.0. The van der Waals surface area contributed by atoms with Crippen LogP contribution in [0.3, 0.4) is 0 Å². The molecule has 102 valence electrons. The maximum atomic E-state index is 12.8. The molecule has 4 rings (SSSR count). The third kappa shape index (κ3) is 2.70. The van der Waals surface area contributed by atoms with E-state index in [2.05, 4.69) is 9.97 Å². The SMILES string of the molecule is O=c1c2c3c(sc2nc([S-])n1-c1nccs1)CCCC3.[K+]. The van der Waals surface area contributed by atoms with Gasteiger partial charge in [0.15, 0.2) is 5.13 Å². The zero-order chi connectivity index (χ0) is 13.7. The summed E-state index contributed by atoms with van der Waals surface area (Å²) >= 11 is 8.31. The van der Waals surface area contributed by atoms with Crippen LogP contribution in [-0.2, 0) is 25.5 Å². The van der Waals surface area contributed by atoms with Crippen molar-refractivity contribution in [1.82, 2.24) is 14.5 Å². The first kappa shape index (κ1) is 16.2. The number of thiazole rings is 1. The van der Waals surface area contributed by atoms with Crippen molar-refractivity contribution >= 4 is 45.5 Å². The number of fused-ring (bicyclic) bond motifs is 3. The molecule has 0 bridgehead atoms. The van der Waals surface area contributed by atoms with E-state index in [1.54, 1.807) is 17.5 Å². The fourth-order valence-electron chi connectivity index (χ4n) is 2.68. The van der Waals surface area contributed by atoms with Gasteiger partial charge in [0.05, 0.1) is 5.39 Å². The molecule has 0 amide bonds. The predicted octanol–water partition coefficient (Wildman–Crippen LogP) is -0.308. The molecule has 21 heavy (non-hydrogen) atoms. The number of aryl methyl sites for hydroxylation is 2. The van der Waals surface area contributed by atoms with Gasteiger partial charge in [-0.1, -0.05) is 0 Å². The number of hydrogen-bond acceptors (Lipinski definition) is 6. The molecule has 0 aromatic carbocycles. The zero-order valence-electron chi connectivity index (χ0n) is 11.5. The van der Waals surface area contributed by atoms with E-state index in [4.69, 9.17) is 12.6 Å². The van der Waals surface area contributed by atoms with Gasteiger partial charge < -0.3 is 12.6 Å². The van der Waals surface area contributed by atoms with Gasteiger partial charge in [0.25, 0.3) is 5.56 Å². The molecule has 3 heterocycles. The Kier molecular flexibility index (Phi) is 4.97. The smallest absolute Gasteiger partial charge is 0.742 e. The molecule has 0 N–H and O–H groups in total. The molecule has 3 aromatic heterocycles. The average molecular weight is 360 g/mol. The standard InChI is InChI=1S/C13H11N3OS3.K/c17-11-9-7-3-1-2-4-8(7)20-10(9)15-12(18)16(11)13-14-5-6-19-13;/h5-6H,1-4H2,(H,15,18);/q;+1/p-1. The molecule has 0 aliphatic heterocycles. The summed E-state index contributed by atoms with van der Waals surface area (Å²) in [6.45, 7) is 0. The van der Waals surface area contributed by atoms with Crippen LogP contribution in [0.5, 0.6) is 0 Å². The summed E-state index contributed by atoms with van der Waals surface area (Å²) in [6.07, 6.45) is 6.04. The summed E-state index contributed by atoms with van der Waals surface area (Å²) in [4.78, 5) is 23.6. The summed E-state index contributed by atoms with van der Waals surface area (Å²) < 4.78 is 1.46. The van der Waals surface area contributed by atoms with Crippen LogP contribution in [0.25, 0.3) is 15.3 Å². The molecular formula is C13H10KN3OS3. The van der Waals surface area contributed by atoms with Crippen molar-refractivity contribution in [2.45, 2.75) is 30.8 Å². The Hall–Kier alpha value is 0.326. The van der Waals surface area contributed by atoms with Crippen molar-refractivity contribution < 1.29 is 51.4 Å². The summed E-state index contributed by atoms with van der Waals surface area (Å²) in [6, 6.07) is 0. The number of nitrogens with zero attached hydrogens (tertiary/aromatic N) is 3. The van der Waals surface area contributed by atoms with Crippen LogP contribution < -0.4 is 56.9 Å². The molecule has 3 aromatic rings. The molecule has 1 aliphatic carbocycles. The van der Waals surface area contributed by atoms with E-state index in [9.17, 15) is 4.79 Å². The van der Waals surface area contributed by atoms with E-state index < -0.39 is 0 Å². The fourth-order valence-corrected chi connectivity index (χ4v) is 4.95. The van der Waals surface area contributed by atoms with Gasteiger partial charge in [-0.15, -0.1) is 22.7 Å². The van der Waals surface area contributed by atoms with E-state index in [1.807, 2.05) is 5.38 Å². The maximum absolute atomic E-state index is 12.8. The van der Waals surface area contributed by atoms with E-state index in [1.165, 1.54) is 32.8 Å². The normalized spacial score (nSPS) is 13.9. The molecule has 0 saturated carbocycles. The first-order chi connectivity index (χ1) is 9.75. The van der Waals surface area contributed by atoms with Crippen molar-refractivity contribution in [2.24, 2.45) is 0 Å². The van der Waals surface area contributed by atoms with Crippen LogP contribution in [0.4, 0.5) is 0 Å². The Morgan fingerprint density at radius 1 is 1.29 bits per heavy atom. The van der Waals surface area contributed by atoms with Crippen molar-refractivity contribution in [3.63, 3.8) is 0 Å². The second kappa shape index (κ2) is 6.44. The Balaban J connectivity index is 0.00000132. The third-order valence-corrected chi connectivity index (χ3v) is 5.78. The van der Waals surface area contributed by atoms with Gasteiger partial charge in [-0.05, 0) is 36.4 Å². The Morgan fingerprint density at radius 2 is 2.10 bits per heavy atom. The number of aromatic nitrogens is 3. The minimum absolute atomic E-state index is 0. The molecular weight excluding hydrogens is 349 g/mol. The molecule has 1 aliphatic rings. The van der Waals surface area contributed by atoms with E-state index >= 15 is 0 Å². The van der Waals surface area contributed by atoms with Crippen molar-refractivity contribution in [1.29, 1.82) is 0 Å². The Labute approximate surface area is 177 Å². The van der Waals surface area contributed by atoms with Gasteiger partial charge in [-0.25, -0.2) is 9.97 Å². The fraction of sp³-hybridized carbons (Fsp3) is 0.308. The summed E-state index contributed by atoms with van der Waals surface area (Å²) in [5.74, 6) is 0. The second-order valence-corrected chi connectivity index (χ2v) is 7.06. The van der Waals surface area contributed by atoms with E-state index in [0.717, 1.165) is 29.5 Å². The van der Waals surface area contributed by atoms with Gasteiger partial charge in [0, 0.05) is 16.5 Å². The molecule has 0 fully saturated rings. The van der Waals surface area contributed by atoms with Crippen molar-refractivity contribution in [2.75, 3.05) is 0 Å². The maximum Gasteiger partial charge on any atom is 1.00 e. The first-order valence-corrected chi connectivity index (χ1v) is 8.50. The minimum Gasteiger partial charge on any atom is -0.742 e. The van der Waals surface area contributed by atoms with Crippen molar-refractivity contribution in [3.05, 3.63) is 32.4 Å². The van der Waals surface area contributed by atoms with Gasteiger partial charge in [-0.3, -0.25) is 9.36 Å². The Bertz CT molecular complexity index is 854. The molecule has 4 nitrogen and oxygen atoms in total. The average Bonchev–Trinajstić information content (AvgIpc) is 3.05. The summed E-state index contributed by atoms with van der Waals surface area (Å²) in [5.41, 5.74) is 1.13. The first-order valence-electron chi connectivity index (χ1n) is 6.40. The summed E-state index contributed by atoms with van der Waals surface area (Å²) in [7, 11) is 0. The molecule has 0 atom stereocenters. The van der Waals surface area contributed by atoms with Gasteiger partial charge in [0.2, 0.25) is 0 Å². The topological polar surface area (TPSA) is 47.8 Å². The Morgan fingerprint density at radius 3 is 2.86 bits per heavy atom.